The highest BCUT2D eigenvalue weighted by Crippen LogP contribution is 2.35. The SMILES string of the molecule is O=C(c1cc(-c2ccccc2)sc1Cl)N1CCCN(S(=O)O)CC1. The summed E-state index contributed by atoms with van der Waals surface area (Å²) >= 11 is 5.70. The molecule has 1 aliphatic heterocycles. The largest absolute Gasteiger partial charge is 0.337 e. The molecule has 24 heavy (non-hydrogen) atoms. The Balaban J connectivity index is 1.78. The van der Waals surface area contributed by atoms with E-state index in [1.807, 2.05) is 36.4 Å². The molecule has 0 radical (unpaired) electrons. The zero-order valence-corrected chi connectivity index (χ0v) is 15.2. The molecule has 1 amide bonds. The van der Waals surface area contributed by atoms with Crippen LogP contribution in [0.3, 0.4) is 0 Å². The van der Waals surface area contributed by atoms with Crippen molar-refractivity contribution in [2.24, 2.45) is 0 Å². The molecule has 1 aliphatic rings. The number of nitrogens with zero attached hydrogens (tertiary/aromatic N) is 2. The first-order valence-electron chi connectivity index (χ1n) is 7.56. The predicted octanol–water partition coefficient (Wildman–Crippen LogP) is 3.35. The first-order chi connectivity index (χ1) is 11.6. The zero-order chi connectivity index (χ0) is 17.1. The first kappa shape index (κ1) is 17.6. The van der Waals surface area contributed by atoms with Crippen molar-refractivity contribution < 1.29 is 13.6 Å². The van der Waals surface area contributed by atoms with Gasteiger partial charge in [0.25, 0.3) is 5.91 Å². The molecule has 0 aliphatic carbocycles. The minimum absolute atomic E-state index is 0.121. The highest BCUT2D eigenvalue weighted by molar-refractivity contribution is 7.76. The van der Waals surface area contributed by atoms with Crippen molar-refractivity contribution in [2.75, 3.05) is 26.2 Å². The van der Waals surface area contributed by atoms with Crippen LogP contribution in [0.5, 0.6) is 0 Å². The van der Waals surface area contributed by atoms with Crippen LogP contribution in [-0.4, -0.2) is 50.1 Å². The molecule has 128 valence electrons. The number of amides is 1. The zero-order valence-electron chi connectivity index (χ0n) is 12.9. The monoisotopic (exact) mass is 384 g/mol. The Kier molecular flexibility index (Phi) is 5.68. The van der Waals surface area contributed by atoms with Gasteiger partial charge in [0.2, 0.25) is 11.3 Å². The lowest BCUT2D eigenvalue weighted by atomic mass is 10.1. The Bertz CT molecular complexity index is 751. The second-order valence-corrected chi connectivity index (χ2v) is 8.10. The van der Waals surface area contributed by atoms with E-state index in [0.717, 1.165) is 10.4 Å². The van der Waals surface area contributed by atoms with Gasteiger partial charge in [0.1, 0.15) is 4.34 Å². The van der Waals surface area contributed by atoms with Crippen molar-refractivity contribution in [3.63, 3.8) is 0 Å². The maximum absolute atomic E-state index is 12.8. The third-order valence-electron chi connectivity index (χ3n) is 3.94. The molecular formula is C16H17ClN2O3S2. The van der Waals surface area contributed by atoms with Crippen LogP contribution in [0.15, 0.2) is 36.4 Å². The van der Waals surface area contributed by atoms with Gasteiger partial charge in [-0.25, -0.2) is 4.21 Å². The number of benzene rings is 1. The Labute approximate surface area is 152 Å². The van der Waals surface area contributed by atoms with Crippen molar-refractivity contribution in [3.8, 4) is 10.4 Å². The standard InChI is InChI=1S/C16H17ClN2O3S2/c17-15-13(11-14(23-15)12-5-2-1-3-6-12)16(20)18-7-4-8-19(10-9-18)24(21)22/h1-3,5-6,11H,4,7-10H2,(H,21,22). The lowest BCUT2D eigenvalue weighted by Gasteiger charge is -2.20. The molecule has 1 atom stereocenters. The van der Waals surface area contributed by atoms with Gasteiger partial charge in [0.05, 0.1) is 5.56 Å². The van der Waals surface area contributed by atoms with Gasteiger partial charge in [0.15, 0.2) is 0 Å². The topological polar surface area (TPSA) is 60.9 Å². The molecule has 1 aromatic carbocycles. The van der Waals surface area contributed by atoms with Crippen LogP contribution >= 0.6 is 22.9 Å². The summed E-state index contributed by atoms with van der Waals surface area (Å²) in [5, 5.41) is 0. The molecule has 1 fully saturated rings. The summed E-state index contributed by atoms with van der Waals surface area (Å²) in [5.74, 6) is -0.121. The summed E-state index contributed by atoms with van der Waals surface area (Å²) in [7, 11) is 0. The first-order valence-corrected chi connectivity index (χ1v) is 9.82. The van der Waals surface area contributed by atoms with E-state index in [0.29, 0.717) is 42.5 Å². The van der Waals surface area contributed by atoms with Crippen molar-refractivity contribution in [1.82, 2.24) is 9.21 Å². The molecule has 8 heteroatoms. The Morgan fingerprint density at radius 1 is 1.17 bits per heavy atom. The Morgan fingerprint density at radius 3 is 2.62 bits per heavy atom. The van der Waals surface area contributed by atoms with E-state index in [-0.39, 0.29) is 5.91 Å². The van der Waals surface area contributed by atoms with Crippen molar-refractivity contribution in [3.05, 3.63) is 46.3 Å². The smallest absolute Gasteiger partial charge is 0.256 e. The summed E-state index contributed by atoms with van der Waals surface area (Å²) < 4.78 is 22.3. The van der Waals surface area contributed by atoms with E-state index in [4.69, 9.17) is 11.6 Å². The summed E-state index contributed by atoms with van der Waals surface area (Å²) in [4.78, 5) is 15.4. The fourth-order valence-corrected chi connectivity index (χ4v) is 4.47. The summed E-state index contributed by atoms with van der Waals surface area (Å²) in [5.41, 5.74) is 1.53. The molecule has 0 saturated carbocycles. The molecule has 0 spiro atoms. The Hall–Kier alpha value is -1.25. The summed E-state index contributed by atoms with van der Waals surface area (Å²) in [6.45, 7) is 1.85. The molecule has 2 heterocycles. The lowest BCUT2D eigenvalue weighted by molar-refractivity contribution is 0.0765. The van der Waals surface area contributed by atoms with Crippen LogP contribution < -0.4 is 0 Å². The lowest BCUT2D eigenvalue weighted by Crippen LogP contribution is -2.35. The average Bonchev–Trinajstić information content (AvgIpc) is 2.81. The predicted molar refractivity (Wildman–Crippen MR) is 97.6 cm³/mol. The highest BCUT2D eigenvalue weighted by atomic mass is 35.5. The highest BCUT2D eigenvalue weighted by Gasteiger charge is 2.25. The number of hydrogen-bond acceptors (Lipinski definition) is 3. The second-order valence-electron chi connectivity index (χ2n) is 5.47. The van der Waals surface area contributed by atoms with E-state index in [1.54, 1.807) is 4.90 Å². The fourth-order valence-electron chi connectivity index (χ4n) is 2.68. The van der Waals surface area contributed by atoms with Crippen molar-refractivity contribution in [1.29, 1.82) is 0 Å². The van der Waals surface area contributed by atoms with Gasteiger partial charge in [-0.1, -0.05) is 41.9 Å². The number of carbonyl (C=O) groups is 1. The van der Waals surface area contributed by atoms with Crippen molar-refractivity contribution >= 4 is 40.1 Å². The molecule has 1 unspecified atom stereocenters. The number of halogens is 1. The quantitative estimate of drug-likeness (QED) is 0.825. The molecular weight excluding hydrogens is 368 g/mol. The molecule has 1 saturated heterocycles. The van der Waals surface area contributed by atoms with Gasteiger partial charge in [-0.05, 0) is 18.1 Å². The minimum Gasteiger partial charge on any atom is -0.337 e. The molecule has 0 bridgehead atoms. The molecule has 2 aromatic rings. The minimum atomic E-state index is -1.99. The summed E-state index contributed by atoms with van der Waals surface area (Å²) in [6, 6.07) is 11.6. The van der Waals surface area contributed by atoms with Crippen LogP contribution in [0, 0.1) is 0 Å². The van der Waals surface area contributed by atoms with E-state index >= 15 is 0 Å². The normalized spacial score (nSPS) is 17.5. The maximum Gasteiger partial charge on any atom is 0.256 e. The molecule has 1 aromatic heterocycles. The van der Waals surface area contributed by atoms with Crippen LogP contribution in [0.2, 0.25) is 4.34 Å². The van der Waals surface area contributed by atoms with Gasteiger partial charge in [-0.3, -0.25) is 9.35 Å². The number of rotatable bonds is 3. The van der Waals surface area contributed by atoms with Gasteiger partial charge < -0.3 is 4.90 Å². The third-order valence-corrected chi connectivity index (χ3v) is 6.15. The van der Waals surface area contributed by atoms with E-state index < -0.39 is 11.3 Å². The average molecular weight is 385 g/mol. The molecule has 5 nitrogen and oxygen atoms in total. The van der Waals surface area contributed by atoms with Crippen LogP contribution in [-0.2, 0) is 11.3 Å². The number of thiophene rings is 1. The van der Waals surface area contributed by atoms with Crippen molar-refractivity contribution in [2.45, 2.75) is 6.42 Å². The fraction of sp³-hybridized carbons (Fsp3) is 0.312. The Morgan fingerprint density at radius 2 is 1.92 bits per heavy atom. The third kappa shape index (κ3) is 3.87. The molecule has 1 N–H and O–H groups in total. The second kappa shape index (κ2) is 7.76. The number of hydrogen-bond donors (Lipinski definition) is 1. The van der Waals surface area contributed by atoms with Crippen LogP contribution in [0.25, 0.3) is 10.4 Å². The van der Waals surface area contributed by atoms with Crippen LogP contribution in [0.4, 0.5) is 0 Å². The number of carbonyl (C=O) groups excluding carboxylic acids is 1. The van der Waals surface area contributed by atoms with Gasteiger partial charge >= 0.3 is 0 Å². The van der Waals surface area contributed by atoms with Gasteiger partial charge in [-0.2, -0.15) is 4.31 Å². The molecule has 3 rings (SSSR count). The van der Waals surface area contributed by atoms with E-state index in [9.17, 15) is 13.6 Å². The van der Waals surface area contributed by atoms with Gasteiger partial charge in [-0.15, -0.1) is 11.3 Å². The maximum atomic E-state index is 12.8. The van der Waals surface area contributed by atoms with E-state index in [1.165, 1.54) is 15.6 Å². The van der Waals surface area contributed by atoms with E-state index in [2.05, 4.69) is 0 Å². The summed E-state index contributed by atoms with van der Waals surface area (Å²) in [6.07, 6.45) is 0.658. The van der Waals surface area contributed by atoms with Crippen LogP contribution in [0.1, 0.15) is 16.8 Å². The van der Waals surface area contributed by atoms with Gasteiger partial charge in [0, 0.05) is 31.1 Å².